The van der Waals surface area contributed by atoms with Gasteiger partial charge >= 0.3 is 0 Å². The second kappa shape index (κ2) is 11.0. The van der Waals surface area contributed by atoms with Crippen LogP contribution in [0.2, 0.25) is 0 Å². The van der Waals surface area contributed by atoms with Crippen molar-refractivity contribution >= 4 is 40.7 Å². The largest absolute Gasteiger partial charge is 0.367 e. The minimum Gasteiger partial charge on any atom is -0.367 e. The van der Waals surface area contributed by atoms with E-state index in [-0.39, 0.29) is 30.9 Å². The van der Waals surface area contributed by atoms with Crippen LogP contribution in [-0.4, -0.2) is 32.1 Å². The molecule has 2 nitrogen and oxygen atoms in total. The second-order valence-electron chi connectivity index (χ2n) is 5.02. The molecule has 0 aliphatic rings. The third-order valence-electron chi connectivity index (χ3n) is 3.10. The normalized spacial score (nSPS) is 11.5. The lowest BCUT2D eigenvalue weighted by Crippen LogP contribution is -2.20. The molecule has 0 spiro atoms. The van der Waals surface area contributed by atoms with Crippen LogP contribution in [0.3, 0.4) is 0 Å². The minimum atomic E-state index is -0.00995. The molecule has 0 amide bonds. The van der Waals surface area contributed by atoms with E-state index in [1.807, 2.05) is 6.07 Å². The maximum atomic E-state index is 6.11. The van der Waals surface area contributed by atoms with Crippen molar-refractivity contribution in [2.45, 2.75) is 6.10 Å². The van der Waals surface area contributed by atoms with Gasteiger partial charge < -0.3 is 9.64 Å². The number of benzene rings is 2. The van der Waals surface area contributed by atoms with Crippen LogP contribution < -0.4 is 0 Å². The van der Waals surface area contributed by atoms with E-state index < -0.39 is 0 Å². The molecule has 122 valence electrons. The summed E-state index contributed by atoms with van der Waals surface area (Å²) in [6, 6.07) is 18.7. The average Bonchev–Trinajstić information content (AvgIpc) is 2.46. The number of hydrogen-bond donors (Lipinski definition) is 0. The highest BCUT2D eigenvalue weighted by Gasteiger charge is 2.14. The maximum Gasteiger partial charge on any atom is 0.108 e. The van der Waals surface area contributed by atoms with Gasteiger partial charge in [0, 0.05) is 11.0 Å². The van der Waals surface area contributed by atoms with Gasteiger partial charge in [0.15, 0.2) is 0 Å². The van der Waals surface area contributed by atoms with Gasteiger partial charge in [-0.15, -0.1) is 24.8 Å². The summed E-state index contributed by atoms with van der Waals surface area (Å²) in [5, 5.41) is 0. The SMILES string of the molecule is CN(C)CCOC(c1ccccc1)c1ccc(Br)cc1.Cl.Cl. The van der Waals surface area contributed by atoms with Crippen LogP contribution in [0.5, 0.6) is 0 Å². The first-order valence-corrected chi connectivity index (χ1v) is 7.53. The Bertz CT molecular complexity index is 520. The number of hydrogen-bond acceptors (Lipinski definition) is 2. The third-order valence-corrected chi connectivity index (χ3v) is 3.63. The lowest BCUT2D eigenvalue weighted by Gasteiger charge is -2.20. The fourth-order valence-electron chi connectivity index (χ4n) is 2.00. The number of likely N-dealkylation sites (N-methyl/N-ethyl adjacent to an activating group) is 1. The average molecular weight is 407 g/mol. The molecule has 0 N–H and O–H groups in total. The molecule has 2 rings (SSSR count). The molecular formula is C17H22BrCl2NO. The Morgan fingerprint density at radius 2 is 1.45 bits per heavy atom. The standard InChI is InChI=1S/C17H20BrNO.2ClH/c1-19(2)12-13-20-17(14-6-4-3-5-7-14)15-8-10-16(18)11-9-15;;/h3-11,17H,12-13H2,1-2H3;2*1H. The molecule has 0 bridgehead atoms. The highest BCUT2D eigenvalue weighted by atomic mass is 79.9. The Balaban J connectivity index is 0.00000220. The molecule has 0 saturated carbocycles. The molecule has 2 aromatic carbocycles. The van der Waals surface area contributed by atoms with Gasteiger partial charge in [0.1, 0.15) is 6.10 Å². The zero-order chi connectivity index (χ0) is 14.4. The van der Waals surface area contributed by atoms with E-state index in [1.165, 1.54) is 11.1 Å². The molecule has 22 heavy (non-hydrogen) atoms. The predicted octanol–water partition coefficient (Wildman–Crippen LogP) is 4.96. The topological polar surface area (TPSA) is 12.5 Å². The maximum absolute atomic E-state index is 6.11. The number of ether oxygens (including phenoxy) is 1. The van der Waals surface area contributed by atoms with E-state index in [2.05, 4.69) is 83.5 Å². The molecule has 0 fully saturated rings. The summed E-state index contributed by atoms with van der Waals surface area (Å²) in [6.07, 6.45) is -0.00995. The van der Waals surface area contributed by atoms with E-state index >= 15 is 0 Å². The Kier molecular flexibility index (Phi) is 10.7. The molecule has 0 aliphatic heterocycles. The van der Waals surface area contributed by atoms with Gasteiger partial charge in [-0.25, -0.2) is 0 Å². The summed E-state index contributed by atoms with van der Waals surface area (Å²) >= 11 is 3.48. The van der Waals surface area contributed by atoms with Crippen molar-refractivity contribution in [3.8, 4) is 0 Å². The third kappa shape index (κ3) is 6.67. The molecule has 2 aromatic rings. The fraction of sp³-hybridized carbons (Fsp3) is 0.294. The Morgan fingerprint density at radius 3 is 2.00 bits per heavy atom. The van der Waals surface area contributed by atoms with Crippen molar-refractivity contribution in [3.05, 3.63) is 70.2 Å². The highest BCUT2D eigenvalue weighted by molar-refractivity contribution is 9.10. The van der Waals surface area contributed by atoms with Crippen molar-refractivity contribution in [2.24, 2.45) is 0 Å². The summed E-state index contributed by atoms with van der Waals surface area (Å²) in [7, 11) is 4.11. The summed E-state index contributed by atoms with van der Waals surface area (Å²) < 4.78 is 7.19. The molecule has 5 heteroatoms. The van der Waals surface area contributed by atoms with E-state index in [1.54, 1.807) is 0 Å². The van der Waals surface area contributed by atoms with E-state index in [4.69, 9.17) is 4.74 Å². The van der Waals surface area contributed by atoms with Gasteiger partial charge in [-0.2, -0.15) is 0 Å². The molecule has 0 radical (unpaired) electrons. The molecule has 1 unspecified atom stereocenters. The van der Waals surface area contributed by atoms with Crippen molar-refractivity contribution in [2.75, 3.05) is 27.2 Å². The Hall–Kier alpha value is -0.580. The van der Waals surface area contributed by atoms with Gasteiger partial charge in [-0.05, 0) is 37.4 Å². The minimum absolute atomic E-state index is 0. The Labute approximate surface area is 153 Å². The van der Waals surface area contributed by atoms with Crippen LogP contribution >= 0.6 is 40.7 Å². The number of nitrogens with zero attached hydrogens (tertiary/aromatic N) is 1. The van der Waals surface area contributed by atoms with Crippen LogP contribution in [-0.2, 0) is 4.74 Å². The molecule has 0 heterocycles. The first-order valence-electron chi connectivity index (χ1n) is 6.73. The lowest BCUT2D eigenvalue weighted by atomic mass is 10.0. The number of halogens is 3. The quantitative estimate of drug-likeness (QED) is 0.672. The predicted molar refractivity (Wildman–Crippen MR) is 101 cm³/mol. The molecule has 1 atom stereocenters. The van der Waals surface area contributed by atoms with E-state index in [0.717, 1.165) is 11.0 Å². The monoisotopic (exact) mass is 405 g/mol. The lowest BCUT2D eigenvalue weighted by molar-refractivity contribution is 0.0687. The van der Waals surface area contributed by atoms with Gasteiger partial charge in [0.05, 0.1) is 6.61 Å². The fourth-order valence-corrected chi connectivity index (χ4v) is 2.27. The van der Waals surface area contributed by atoms with Crippen LogP contribution in [0.25, 0.3) is 0 Å². The van der Waals surface area contributed by atoms with Gasteiger partial charge in [0.25, 0.3) is 0 Å². The van der Waals surface area contributed by atoms with Crippen LogP contribution in [0, 0.1) is 0 Å². The summed E-state index contributed by atoms with van der Waals surface area (Å²) in [5.41, 5.74) is 2.37. The smallest absolute Gasteiger partial charge is 0.108 e. The second-order valence-corrected chi connectivity index (χ2v) is 5.93. The zero-order valence-electron chi connectivity index (χ0n) is 12.7. The van der Waals surface area contributed by atoms with E-state index in [9.17, 15) is 0 Å². The zero-order valence-corrected chi connectivity index (χ0v) is 16.0. The number of rotatable bonds is 6. The van der Waals surface area contributed by atoms with Crippen molar-refractivity contribution in [1.82, 2.24) is 4.90 Å². The van der Waals surface area contributed by atoms with Crippen LogP contribution in [0.15, 0.2) is 59.1 Å². The van der Waals surface area contributed by atoms with Gasteiger partial charge in [-0.3, -0.25) is 0 Å². The van der Waals surface area contributed by atoms with Crippen molar-refractivity contribution in [1.29, 1.82) is 0 Å². The highest BCUT2D eigenvalue weighted by Crippen LogP contribution is 2.27. The van der Waals surface area contributed by atoms with Gasteiger partial charge in [0.2, 0.25) is 0 Å². The molecule has 0 aliphatic carbocycles. The molecular weight excluding hydrogens is 385 g/mol. The Morgan fingerprint density at radius 1 is 0.909 bits per heavy atom. The first-order chi connectivity index (χ1) is 9.66. The molecule has 0 aromatic heterocycles. The summed E-state index contributed by atoms with van der Waals surface area (Å²) in [6.45, 7) is 1.63. The van der Waals surface area contributed by atoms with Crippen LogP contribution in [0.1, 0.15) is 17.2 Å². The van der Waals surface area contributed by atoms with Gasteiger partial charge in [-0.1, -0.05) is 58.4 Å². The van der Waals surface area contributed by atoms with E-state index in [0.29, 0.717) is 6.61 Å². The molecule has 0 saturated heterocycles. The summed E-state index contributed by atoms with van der Waals surface area (Å²) in [5.74, 6) is 0. The van der Waals surface area contributed by atoms with Crippen LogP contribution in [0.4, 0.5) is 0 Å². The van der Waals surface area contributed by atoms with Crippen molar-refractivity contribution in [3.63, 3.8) is 0 Å². The van der Waals surface area contributed by atoms with Crippen molar-refractivity contribution < 1.29 is 4.74 Å². The first kappa shape index (κ1) is 21.4. The summed E-state index contributed by atoms with van der Waals surface area (Å²) in [4.78, 5) is 2.13.